The number of ether oxygens (including phenoxy) is 3. The Kier molecular flexibility index (Phi) is 7.07. The van der Waals surface area contributed by atoms with Crippen LogP contribution in [0.1, 0.15) is 12.0 Å². The first kappa shape index (κ1) is 23.0. The third-order valence-electron chi connectivity index (χ3n) is 4.89. The van der Waals surface area contributed by atoms with Crippen molar-refractivity contribution in [3.63, 3.8) is 0 Å². The molecule has 8 nitrogen and oxygen atoms in total. The van der Waals surface area contributed by atoms with Crippen LogP contribution in [0.15, 0.2) is 58.4 Å². The van der Waals surface area contributed by atoms with Gasteiger partial charge in [0.05, 0.1) is 12.0 Å². The van der Waals surface area contributed by atoms with Gasteiger partial charge in [-0.15, -0.1) is 0 Å². The third-order valence-corrected chi connectivity index (χ3v) is 6.27. The standard InChI is InChI=1S/C23H21N3O5S2/c1-29-13-7-12-26-22(28)18(33-23(26)32)14-15-20(31-17-9-4-3-8-16(17)30-2)24-19-10-5-6-11-25(19)21(15)27/h3-6,8-11,14H,7,12-13H2,1-2H3/b18-14-. The normalized spacial score (nSPS) is 15.0. The van der Waals surface area contributed by atoms with Gasteiger partial charge < -0.3 is 14.2 Å². The van der Waals surface area contributed by atoms with Gasteiger partial charge in [-0.3, -0.25) is 18.9 Å². The molecule has 0 N–H and O–H groups in total. The molecule has 1 aliphatic heterocycles. The zero-order valence-corrected chi connectivity index (χ0v) is 19.6. The number of thioether (sulfide) groups is 1. The number of benzene rings is 1. The van der Waals surface area contributed by atoms with Crippen molar-refractivity contribution in [3.05, 3.63) is 69.5 Å². The highest BCUT2D eigenvalue weighted by Gasteiger charge is 2.32. The maximum atomic E-state index is 13.3. The molecule has 1 amide bonds. The third kappa shape index (κ3) is 4.77. The number of rotatable bonds is 8. The van der Waals surface area contributed by atoms with Crippen molar-refractivity contribution in [1.29, 1.82) is 0 Å². The molecule has 2 aromatic heterocycles. The monoisotopic (exact) mass is 483 g/mol. The molecule has 0 saturated carbocycles. The van der Waals surface area contributed by atoms with Gasteiger partial charge in [0.25, 0.3) is 11.5 Å². The lowest BCUT2D eigenvalue weighted by Crippen LogP contribution is -2.29. The van der Waals surface area contributed by atoms with E-state index in [1.54, 1.807) is 49.7 Å². The molecule has 170 valence electrons. The van der Waals surface area contributed by atoms with Crippen molar-refractivity contribution in [2.45, 2.75) is 6.42 Å². The zero-order chi connectivity index (χ0) is 23.4. The summed E-state index contributed by atoms with van der Waals surface area (Å²) < 4.78 is 18.3. The molecule has 1 saturated heterocycles. The largest absolute Gasteiger partial charge is 0.493 e. The summed E-state index contributed by atoms with van der Waals surface area (Å²) in [4.78, 5) is 32.7. The molecule has 0 radical (unpaired) electrons. The Labute approximate surface area is 199 Å². The number of para-hydroxylation sites is 2. The van der Waals surface area contributed by atoms with Gasteiger partial charge in [-0.1, -0.05) is 42.2 Å². The van der Waals surface area contributed by atoms with Gasteiger partial charge in [-0.05, 0) is 36.8 Å². The number of amides is 1. The predicted octanol–water partition coefficient (Wildman–Crippen LogP) is 3.73. The van der Waals surface area contributed by atoms with E-state index in [1.807, 2.05) is 6.07 Å². The van der Waals surface area contributed by atoms with Crippen LogP contribution in [0, 0.1) is 0 Å². The highest BCUT2D eigenvalue weighted by atomic mass is 32.2. The molecule has 1 aliphatic rings. The van der Waals surface area contributed by atoms with Gasteiger partial charge in [-0.25, -0.2) is 0 Å². The first-order chi connectivity index (χ1) is 16.0. The van der Waals surface area contributed by atoms with Gasteiger partial charge in [0, 0.05) is 26.5 Å². The number of methoxy groups -OCH3 is 2. The number of fused-ring (bicyclic) bond motifs is 1. The van der Waals surface area contributed by atoms with Gasteiger partial charge >= 0.3 is 0 Å². The Bertz CT molecular complexity index is 1300. The minimum Gasteiger partial charge on any atom is -0.493 e. The smallest absolute Gasteiger partial charge is 0.269 e. The number of carbonyl (C=O) groups is 1. The van der Waals surface area contributed by atoms with E-state index in [9.17, 15) is 9.59 Å². The highest BCUT2D eigenvalue weighted by Crippen LogP contribution is 2.35. The quantitative estimate of drug-likeness (QED) is 0.272. The van der Waals surface area contributed by atoms with Crippen molar-refractivity contribution < 1.29 is 19.0 Å². The molecular formula is C23H21N3O5S2. The average Bonchev–Trinajstić information content (AvgIpc) is 3.09. The summed E-state index contributed by atoms with van der Waals surface area (Å²) in [6.45, 7) is 0.957. The number of pyridine rings is 1. The second-order valence-electron chi connectivity index (χ2n) is 7.00. The minimum absolute atomic E-state index is 0.0698. The van der Waals surface area contributed by atoms with Gasteiger partial charge in [0.2, 0.25) is 5.88 Å². The lowest BCUT2D eigenvalue weighted by Gasteiger charge is -2.14. The summed E-state index contributed by atoms with van der Waals surface area (Å²) in [7, 11) is 3.13. The summed E-state index contributed by atoms with van der Waals surface area (Å²) in [5.41, 5.74) is 0.189. The maximum absolute atomic E-state index is 13.3. The lowest BCUT2D eigenvalue weighted by molar-refractivity contribution is -0.122. The average molecular weight is 484 g/mol. The Morgan fingerprint density at radius 2 is 1.85 bits per heavy atom. The van der Waals surface area contributed by atoms with Crippen LogP contribution in [0.3, 0.4) is 0 Å². The van der Waals surface area contributed by atoms with Crippen molar-refractivity contribution in [2.24, 2.45) is 0 Å². The molecule has 33 heavy (non-hydrogen) atoms. The SMILES string of the molecule is COCCCN1C(=O)/C(=C/c2c(Oc3ccccc3OC)nc3ccccn3c2=O)SC1=S. The van der Waals surface area contributed by atoms with E-state index in [0.717, 1.165) is 11.8 Å². The van der Waals surface area contributed by atoms with Crippen LogP contribution in [0.5, 0.6) is 17.4 Å². The van der Waals surface area contributed by atoms with Crippen LogP contribution in [-0.2, 0) is 9.53 Å². The number of thiocarbonyl (C=S) groups is 1. The van der Waals surface area contributed by atoms with Crippen LogP contribution < -0.4 is 15.0 Å². The molecule has 0 spiro atoms. The second-order valence-corrected chi connectivity index (χ2v) is 8.67. The Morgan fingerprint density at radius 3 is 2.61 bits per heavy atom. The van der Waals surface area contributed by atoms with Crippen LogP contribution in [0.25, 0.3) is 11.7 Å². The predicted molar refractivity (Wildman–Crippen MR) is 131 cm³/mol. The summed E-state index contributed by atoms with van der Waals surface area (Å²) in [6.07, 6.45) is 3.76. The zero-order valence-electron chi connectivity index (χ0n) is 18.0. The van der Waals surface area contributed by atoms with E-state index in [2.05, 4.69) is 4.98 Å². The number of hydrogen-bond acceptors (Lipinski definition) is 8. The molecular weight excluding hydrogens is 462 g/mol. The second kappa shape index (κ2) is 10.2. The molecule has 10 heteroatoms. The Morgan fingerprint density at radius 1 is 1.09 bits per heavy atom. The summed E-state index contributed by atoms with van der Waals surface area (Å²) >= 11 is 6.52. The molecule has 4 rings (SSSR count). The molecule has 3 aromatic rings. The molecule has 3 heterocycles. The summed E-state index contributed by atoms with van der Waals surface area (Å²) in [5, 5.41) is 0. The van der Waals surface area contributed by atoms with E-state index in [-0.39, 0.29) is 22.9 Å². The van der Waals surface area contributed by atoms with Gasteiger partial charge in [-0.2, -0.15) is 4.98 Å². The topological polar surface area (TPSA) is 82.4 Å². The number of carbonyl (C=O) groups excluding carboxylic acids is 1. The van der Waals surface area contributed by atoms with Crippen molar-refractivity contribution in [1.82, 2.24) is 14.3 Å². The first-order valence-corrected chi connectivity index (χ1v) is 11.3. The van der Waals surface area contributed by atoms with E-state index >= 15 is 0 Å². The Hall–Kier alpha value is -3.21. The van der Waals surface area contributed by atoms with Crippen molar-refractivity contribution in [3.8, 4) is 17.4 Å². The summed E-state index contributed by atoms with van der Waals surface area (Å²) in [6, 6.07) is 12.3. The highest BCUT2D eigenvalue weighted by molar-refractivity contribution is 8.26. The minimum atomic E-state index is -0.366. The molecule has 0 bridgehead atoms. The van der Waals surface area contributed by atoms with Crippen molar-refractivity contribution in [2.75, 3.05) is 27.4 Å². The fourth-order valence-electron chi connectivity index (χ4n) is 3.28. The van der Waals surface area contributed by atoms with Gasteiger partial charge in [0.15, 0.2) is 11.5 Å². The lowest BCUT2D eigenvalue weighted by atomic mass is 10.2. The van der Waals surface area contributed by atoms with Crippen LogP contribution in [0.4, 0.5) is 0 Å². The number of hydrogen-bond donors (Lipinski definition) is 0. The van der Waals surface area contributed by atoms with Crippen LogP contribution in [-0.4, -0.2) is 51.9 Å². The van der Waals surface area contributed by atoms with Gasteiger partial charge in [0.1, 0.15) is 15.5 Å². The molecule has 0 aliphatic carbocycles. The number of nitrogens with zero attached hydrogens (tertiary/aromatic N) is 3. The van der Waals surface area contributed by atoms with E-state index in [1.165, 1.54) is 22.5 Å². The maximum Gasteiger partial charge on any atom is 0.269 e. The fourth-order valence-corrected chi connectivity index (χ4v) is 4.57. The molecule has 1 fully saturated rings. The molecule has 1 aromatic carbocycles. The molecule has 0 atom stereocenters. The number of aromatic nitrogens is 2. The van der Waals surface area contributed by atoms with E-state index in [0.29, 0.717) is 45.9 Å². The fraction of sp³-hybridized carbons (Fsp3) is 0.217. The van der Waals surface area contributed by atoms with E-state index < -0.39 is 0 Å². The summed E-state index contributed by atoms with van der Waals surface area (Å²) in [5.74, 6) is 0.694. The molecule has 0 unspecified atom stereocenters. The van der Waals surface area contributed by atoms with E-state index in [4.69, 9.17) is 26.4 Å². The Balaban J connectivity index is 1.79. The van der Waals surface area contributed by atoms with Crippen molar-refractivity contribution >= 4 is 45.9 Å². The first-order valence-electron chi connectivity index (χ1n) is 10.1. The van der Waals surface area contributed by atoms with Crippen LogP contribution in [0.2, 0.25) is 0 Å². The van der Waals surface area contributed by atoms with Crippen LogP contribution >= 0.6 is 24.0 Å².